The number of hydrogen-bond acceptors (Lipinski definition) is 1. The average molecular weight is 383 g/mol. The number of hydrogen-bond donors (Lipinski definition) is 1. The first-order chi connectivity index (χ1) is 13.2. The third kappa shape index (κ3) is 3.36. The molecule has 0 aromatic rings. The van der Waals surface area contributed by atoms with Crippen LogP contribution >= 0.6 is 0 Å². The van der Waals surface area contributed by atoms with E-state index in [9.17, 15) is 5.11 Å². The van der Waals surface area contributed by atoms with Crippen LogP contribution in [0.3, 0.4) is 0 Å². The molecule has 1 N–H and O–H groups in total. The molecule has 0 aromatic heterocycles. The van der Waals surface area contributed by atoms with E-state index in [2.05, 4.69) is 51.2 Å². The molecular weight excluding hydrogens is 340 g/mol. The highest BCUT2D eigenvalue weighted by atomic mass is 16.3. The fourth-order valence-electron chi connectivity index (χ4n) is 7.86. The molecule has 4 rings (SSSR count). The van der Waals surface area contributed by atoms with Crippen molar-refractivity contribution in [3.05, 3.63) is 36.0 Å². The van der Waals surface area contributed by atoms with Gasteiger partial charge in [-0.1, -0.05) is 64.0 Å². The first-order valence-electron chi connectivity index (χ1n) is 11.9. The van der Waals surface area contributed by atoms with E-state index in [0.717, 1.165) is 42.4 Å². The SMILES string of the molecule is C[C@H](CCCC(C)(C)O)[C@H]1CC[C@H]2[C@@H]3C=CC4=CC=CC[C@]4(C)[C@H]3CC[C@]12C. The second kappa shape index (κ2) is 7.15. The van der Waals surface area contributed by atoms with Crippen molar-refractivity contribution in [1.82, 2.24) is 0 Å². The molecule has 0 saturated heterocycles. The van der Waals surface area contributed by atoms with Crippen LogP contribution < -0.4 is 0 Å². The molecule has 1 heteroatoms. The predicted octanol–water partition coefficient (Wildman–Crippen LogP) is 7.08. The van der Waals surface area contributed by atoms with E-state index < -0.39 is 5.60 Å². The molecule has 0 heterocycles. The summed E-state index contributed by atoms with van der Waals surface area (Å²) in [4.78, 5) is 0. The maximum atomic E-state index is 10.1. The van der Waals surface area contributed by atoms with E-state index in [1.165, 1.54) is 38.5 Å². The molecule has 28 heavy (non-hydrogen) atoms. The van der Waals surface area contributed by atoms with Gasteiger partial charge in [-0.3, -0.25) is 0 Å². The zero-order valence-corrected chi connectivity index (χ0v) is 18.9. The van der Waals surface area contributed by atoms with Crippen molar-refractivity contribution in [1.29, 1.82) is 0 Å². The Morgan fingerprint density at radius 3 is 2.71 bits per heavy atom. The molecule has 2 saturated carbocycles. The van der Waals surface area contributed by atoms with Gasteiger partial charge in [0.1, 0.15) is 0 Å². The highest BCUT2D eigenvalue weighted by molar-refractivity contribution is 5.39. The molecule has 0 amide bonds. The summed E-state index contributed by atoms with van der Waals surface area (Å²) < 4.78 is 0. The first-order valence-corrected chi connectivity index (χ1v) is 11.9. The van der Waals surface area contributed by atoms with Crippen LogP contribution in [-0.4, -0.2) is 10.7 Å². The van der Waals surface area contributed by atoms with Crippen molar-refractivity contribution in [2.45, 2.75) is 91.6 Å². The summed E-state index contributed by atoms with van der Waals surface area (Å²) >= 11 is 0. The summed E-state index contributed by atoms with van der Waals surface area (Å²) in [7, 11) is 0. The van der Waals surface area contributed by atoms with Crippen molar-refractivity contribution in [2.24, 2.45) is 40.4 Å². The van der Waals surface area contributed by atoms with Gasteiger partial charge in [0.15, 0.2) is 0 Å². The van der Waals surface area contributed by atoms with Crippen LogP contribution in [0.15, 0.2) is 36.0 Å². The van der Waals surface area contributed by atoms with Gasteiger partial charge in [0.2, 0.25) is 0 Å². The van der Waals surface area contributed by atoms with Crippen LogP contribution in [0, 0.1) is 40.4 Å². The van der Waals surface area contributed by atoms with Crippen LogP contribution in [0.5, 0.6) is 0 Å². The van der Waals surface area contributed by atoms with Gasteiger partial charge in [-0.15, -0.1) is 0 Å². The van der Waals surface area contributed by atoms with E-state index in [-0.39, 0.29) is 0 Å². The Bertz CT molecular complexity index is 677. The smallest absolute Gasteiger partial charge is 0.0591 e. The minimum absolute atomic E-state index is 0.367. The fourth-order valence-corrected chi connectivity index (χ4v) is 7.86. The molecule has 0 aliphatic heterocycles. The molecule has 0 spiro atoms. The minimum atomic E-state index is -0.512. The average Bonchev–Trinajstić information content (AvgIpc) is 2.97. The van der Waals surface area contributed by atoms with Crippen LogP contribution in [-0.2, 0) is 0 Å². The van der Waals surface area contributed by atoms with E-state index in [0.29, 0.717) is 10.8 Å². The highest BCUT2D eigenvalue weighted by Crippen LogP contribution is 2.66. The second-order valence-corrected chi connectivity index (χ2v) is 11.7. The standard InChI is InChI=1S/C27H42O/c1-19(9-8-16-25(2,3)28)22-13-14-23-21-12-11-20-10-6-7-17-26(20,4)24(21)15-18-27(22,23)5/h6-7,10-12,19,21-24,28H,8-9,13-18H2,1-5H3/t19-,21+,22-,23+,24+,26+,27-/m1/s1. The normalized spacial score (nSPS) is 43.1. The zero-order chi connectivity index (χ0) is 20.2. The molecule has 0 bridgehead atoms. The summed E-state index contributed by atoms with van der Waals surface area (Å²) in [6.07, 6.45) is 22.4. The third-order valence-electron chi connectivity index (χ3n) is 9.47. The van der Waals surface area contributed by atoms with Gasteiger partial charge in [-0.25, -0.2) is 0 Å². The molecule has 2 fully saturated rings. The van der Waals surface area contributed by atoms with Gasteiger partial charge in [0.05, 0.1) is 5.60 Å². The van der Waals surface area contributed by atoms with Gasteiger partial charge in [-0.05, 0) is 98.4 Å². The summed E-state index contributed by atoms with van der Waals surface area (Å²) in [5.41, 5.74) is 1.95. The highest BCUT2D eigenvalue weighted by Gasteiger charge is 2.58. The van der Waals surface area contributed by atoms with Gasteiger partial charge in [0, 0.05) is 0 Å². The Labute approximate surface area is 173 Å². The van der Waals surface area contributed by atoms with E-state index in [4.69, 9.17) is 0 Å². The maximum absolute atomic E-state index is 10.1. The van der Waals surface area contributed by atoms with Crippen LogP contribution in [0.4, 0.5) is 0 Å². The molecular formula is C27H42O. The summed E-state index contributed by atoms with van der Waals surface area (Å²) in [5.74, 6) is 4.13. The quantitative estimate of drug-likeness (QED) is 0.538. The van der Waals surface area contributed by atoms with Gasteiger partial charge < -0.3 is 5.11 Å². The summed E-state index contributed by atoms with van der Waals surface area (Å²) in [6.45, 7) is 11.6. The lowest BCUT2D eigenvalue weighted by atomic mass is 9.48. The lowest BCUT2D eigenvalue weighted by Crippen LogP contribution is -2.48. The molecule has 7 atom stereocenters. The van der Waals surface area contributed by atoms with Gasteiger partial charge >= 0.3 is 0 Å². The van der Waals surface area contributed by atoms with Crippen molar-refractivity contribution >= 4 is 0 Å². The number of fused-ring (bicyclic) bond motifs is 5. The number of allylic oxidation sites excluding steroid dienone is 6. The number of rotatable bonds is 5. The Balaban J connectivity index is 1.49. The molecule has 0 aromatic carbocycles. The van der Waals surface area contributed by atoms with Crippen molar-refractivity contribution < 1.29 is 5.11 Å². The van der Waals surface area contributed by atoms with Crippen LogP contribution in [0.2, 0.25) is 0 Å². The molecule has 0 unspecified atom stereocenters. The minimum Gasteiger partial charge on any atom is -0.390 e. The lowest BCUT2D eigenvalue weighted by Gasteiger charge is -2.56. The number of aliphatic hydroxyl groups is 1. The molecule has 4 aliphatic carbocycles. The third-order valence-corrected chi connectivity index (χ3v) is 9.47. The van der Waals surface area contributed by atoms with Gasteiger partial charge in [-0.2, -0.15) is 0 Å². The molecule has 0 radical (unpaired) electrons. The van der Waals surface area contributed by atoms with Crippen molar-refractivity contribution in [3.8, 4) is 0 Å². The monoisotopic (exact) mass is 382 g/mol. The largest absolute Gasteiger partial charge is 0.390 e. The predicted molar refractivity (Wildman–Crippen MR) is 119 cm³/mol. The maximum Gasteiger partial charge on any atom is 0.0591 e. The van der Waals surface area contributed by atoms with Crippen LogP contribution in [0.25, 0.3) is 0 Å². The Hall–Kier alpha value is -0.820. The topological polar surface area (TPSA) is 20.2 Å². The van der Waals surface area contributed by atoms with E-state index in [1.54, 1.807) is 5.57 Å². The molecule has 1 nitrogen and oxygen atoms in total. The molecule has 4 aliphatic rings. The second-order valence-electron chi connectivity index (χ2n) is 11.7. The van der Waals surface area contributed by atoms with Crippen LogP contribution in [0.1, 0.15) is 86.0 Å². The van der Waals surface area contributed by atoms with Gasteiger partial charge in [0.25, 0.3) is 0 Å². The lowest BCUT2D eigenvalue weighted by molar-refractivity contribution is -0.0229. The fraction of sp³-hybridized carbons (Fsp3) is 0.778. The van der Waals surface area contributed by atoms with E-state index in [1.807, 2.05) is 13.8 Å². The van der Waals surface area contributed by atoms with Crippen molar-refractivity contribution in [2.75, 3.05) is 0 Å². The zero-order valence-electron chi connectivity index (χ0n) is 18.9. The Kier molecular flexibility index (Phi) is 5.22. The van der Waals surface area contributed by atoms with E-state index >= 15 is 0 Å². The Morgan fingerprint density at radius 1 is 1.18 bits per heavy atom. The molecule has 156 valence electrons. The summed E-state index contributed by atoms with van der Waals surface area (Å²) in [6, 6.07) is 0. The summed E-state index contributed by atoms with van der Waals surface area (Å²) in [5, 5.41) is 10.1. The first kappa shape index (κ1) is 20.5. The Morgan fingerprint density at radius 2 is 1.96 bits per heavy atom. The van der Waals surface area contributed by atoms with Crippen molar-refractivity contribution in [3.63, 3.8) is 0 Å².